The van der Waals surface area contributed by atoms with E-state index in [1.807, 2.05) is 11.8 Å². The summed E-state index contributed by atoms with van der Waals surface area (Å²) in [6.07, 6.45) is 2.33. The highest BCUT2D eigenvalue weighted by molar-refractivity contribution is 5.79. The first-order chi connectivity index (χ1) is 11.5. The highest BCUT2D eigenvalue weighted by Gasteiger charge is 2.26. The first-order valence-corrected chi connectivity index (χ1v) is 8.88. The van der Waals surface area contributed by atoms with Crippen LogP contribution in [0.2, 0.25) is 0 Å². The molecule has 0 unspecified atom stereocenters. The minimum absolute atomic E-state index is 0.0193. The maximum Gasteiger partial charge on any atom is 0.317 e. The van der Waals surface area contributed by atoms with Crippen molar-refractivity contribution in [3.05, 3.63) is 34.9 Å². The van der Waals surface area contributed by atoms with Crippen molar-refractivity contribution in [1.29, 1.82) is 0 Å². The maximum atomic E-state index is 12.2. The van der Waals surface area contributed by atoms with Crippen molar-refractivity contribution in [2.75, 3.05) is 26.2 Å². The molecule has 1 saturated heterocycles. The van der Waals surface area contributed by atoms with Gasteiger partial charge in [-0.15, -0.1) is 0 Å². The van der Waals surface area contributed by atoms with Gasteiger partial charge in [0, 0.05) is 32.1 Å². The van der Waals surface area contributed by atoms with Crippen LogP contribution in [0.15, 0.2) is 18.2 Å². The normalized spacial score (nSPS) is 15.2. The molecule has 24 heavy (non-hydrogen) atoms. The van der Waals surface area contributed by atoms with Gasteiger partial charge in [0.25, 0.3) is 0 Å². The van der Waals surface area contributed by atoms with E-state index in [2.05, 4.69) is 42.7 Å². The molecular weight excluding hydrogens is 302 g/mol. The monoisotopic (exact) mass is 331 g/mol. The number of amides is 3. The van der Waals surface area contributed by atoms with Gasteiger partial charge in [-0.2, -0.15) is 0 Å². The Morgan fingerprint density at radius 1 is 1.17 bits per heavy atom. The third-order valence-corrected chi connectivity index (χ3v) is 4.67. The highest BCUT2D eigenvalue weighted by Crippen LogP contribution is 2.17. The number of aryl methyl sites for hydroxylation is 2. The zero-order chi connectivity index (χ0) is 17.5. The number of urea groups is 1. The van der Waals surface area contributed by atoms with E-state index < -0.39 is 0 Å². The molecule has 3 amide bonds. The van der Waals surface area contributed by atoms with Gasteiger partial charge in [-0.1, -0.05) is 23.8 Å². The summed E-state index contributed by atoms with van der Waals surface area (Å²) in [6, 6.07) is 6.39. The lowest BCUT2D eigenvalue weighted by Crippen LogP contribution is -2.47. The second-order valence-electron chi connectivity index (χ2n) is 6.57. The summed E-state index contributed by atoms with van der Waals surface area (Å²) in [7, 11) is 0. The number of carbonyl (C=O) groups is 2. The molecule has 2 N–H and O–H groups in total. The largest absolute Gasteiger partial charge is 0.356 e. The Morgan fingerprint density at radius 2 is 1.88 bits per heavy atom. The number of carbonyl (C=O) groups excluding carboxylic acids is 2. The van der Waals surface area contributed by atoms with Crippen LogP contribution in [0.5, 0.6) is 0 Å². The minimum atomic E-state index is -0.0193. The summed E-state index contributed by atoms with van der Waals surface area (Å²) < 4.78 is 0. The lowest BCUT2D eigenvalue weighted by atomic mass is 9.96. The number of piperidine rings is 1. The standard InChI is InChI=1S/C19H29N3O2/c1-4-20-18(23)17-8-11-22(12-9-17)19(24)21-10-7-16-6-5-14(2)13-15(16)3/h5-6,13,17H,4,7-12H2,1-3H3,(H,20,23)(H,21,24). The smallest absolute Gasteiger partial charge is 0.317 e. The van der Waals surface area contributed by atoms with Crippen LogP contribution in [-0.4, -0.2) is 43.0 Å². The quantitative estimate of drug-likeness (QED) is 0.870. The molecule has 0 aromatic heterocycles. The molecule has 0 saturated carbocycles. The van der Waals surface area contributed by atoms with Gasteiger partial charge in [0.05, 0.1) is 0 Å². The molecule has 1 aliphatic rings. The molecular formula is C19H29N3O2. The number of hydrogen-bond donors (Lipinski definition) is 2. The summed E-state index contributed by atoms with van der Waals surface area (Å²) >= 11 is 0. The molecule has 0 spiro atoms. The Morgan fingerprint density at radius 3 is 2.50 bits per heavy atom. The SMILES string of the molecule is CCNC(=O)C1CCN(C(=O)NCCc2ccc(C)cc2C)CC1. The number of likely N-dealkylation sites (tertiary alicyclic amines) is 1. The molecule has 1 heterocycles. The third kappa shape index (κ3) is 4.98. The Kier molecular flexibility index (Phi) is 6.64. The van der Waals surface area contributed by atoms with Gasteiger partial charge < -0.3 is 15.5 Å². The number of hydrogen-bond acceptors (Lipinski definition) is 2. The molecule has 0 atom stereocenters. The van der Waals surface area contributed by atoms with E-state index in [1.165, 1.54) is 16.7 Å². The molecule has 1 aromatic rings. The van der Waals surface area contributed by atoms with Crippen LogP contribution in [-0.2, 0) is 11.2 Å². The highest BCUT2D eigenvalue weighted by atomic mass is 16.2. The van der Waals surface area contributed by atoms with Crippen molar-refractivity contribution >= 4 is 11.9 Å². The summed E-state index contributed by atoms with van der Waals surface area (Å²) in [5, 5.41) is 5.86. The molecule has 0 aliphatic carbocycles. The molecule has 132 valence electrons. The fraction of sp³-hybridized carbons (Fsp3) is 0.579. The summed E-state index contributed by atoms with van der Waals surface area (Å²) in [4.78, 5) is 25.9. The van der Waals surface area contributed by atoms with Crippen molar-refractivity contribution in [3.8, 4) is 0 Å². The van der Waals surface area contributed by atoms with E-state index in [4.69, 9.17) is 0 Å². The number of benzene rings is 1. The average molecular weight is 331 g/mol. The van der Waals surface area contributed by atoms with Crippen LogP contribution in [0.4, 0.5) is 4.79 Å². The molecule has 0 radical (unpaired) electrons. The van der Waals surface area contributed by atoms with E-state index >= 15 is 0 Å². The van der Waals surface area contributed by atoms with Crippen LogP contribution >= 0.6 is 0 Å². The minimum Gasteiger partial charge on any atom is -0.356 e. The lowest BCUT2D eigenvalue weighted by Gasteiger charge is -2.31. The lowest BCUT2D eigenvalue weighted by molar-refractivity contribution is -0.126. The average Bonchev–Trinajstić information content (AvgIpc) is 2.57. The molecule has 1 aromatic carbocycles. The van der Waals surface area contributed by atoms with Gasteiger partial charge in [-0.3, -0.25) is 4.79 Å². The van der Waals surface area contributed by atoms with Crippen LogP contribution in [0.3, 0.4) is 0 Å². The number of rotatable bonds is 5. The Balaban J connectivity index is 1.73. The Bertz CT molecular complexity index is 578. The maximum absolute atomic E-state index is 12.2. The van der Waals surface area contributed by atoms with Gasteiger partial charge in [-0.05, 0) is 51.2 Å². The number of nitrogens with zero attached hydrogens (tertiary/aromatic N) is 1. The van der Waals surface area contributed by atoms with Gasteiger partial charge in [-0.25, -0.2) is 4.79 Å². The molecule has 2 rings (SSSR count). The van der Waals surface area contributed by atoms with E-state index in [-0.39, 0.29) is 17.9 Å². The van der Waals surface area contributed by atoms with Gasteiger partial charge >= 0.3 is 6.03 Å². The van der Waals surface area contributed by atoms with Crippen LogP contribution < -0.4 is 10.6 Å². The van der Waals surface area contributed by atoms with E-state index in [9.17, 15) is 9.59 Å². The van der Waals surface area contributed by atoms with Gasteiger partial charge in [0.15, 0.2) is 0 Å². The van der Waals surface area contributed by atoms with Crippen molar-refractivity contribution in [2.45, 2.75) is 40.0 Å². The summed E-state index contributed by atoms with van der Waals surface area (Å²) in [5.74, 6) is 0.164. The molecule has 0 bridgehead atoms. The molecule has 5 nitrogen and oxygen atoms in total. The Hall–Kier alpha value is -2.04. The second kappa shape index (κ2) is 8.71. The molecule has 5 heteroatoms. The first-order valence-electron chi connectivity index (χ1n) is 8.88. The predicted octanol–water partition coefficient (Wildman–Crippen LogP) is 2.40. The van der Waals surface area contributed by atoms with Crippen LogP contribution in [0, 0.1) is 19.8 Å². The fourth-order valence-corrected chi connectivity index (χ4v) is 3.21. The summed E-state index contributed by atoms with van der Waals surface area (Å²) in [6.45, 7) is 8.72. The molecule has 1 aliphatic heterocycles. The van der Waals surface area contributed by atoms with Gasteiger partial charge in [0.2, 0.25) is 5.91 Å². The zero-order valence-corrected chi connectivity index (χ0v) is 15.0. The van der Waals surface area contributed by atoms with Crippen molar-refractivity contribution < 1.29 is 9.59 Å². The van der Waals surface area contributed by atoms with Crippen molar-refractivity contribution in [1.82, 2.24) is 15.5 Å². The predicted molar refractivity (Wildman–Crippen MR) is 96.0 cm³/mol. The van der Waals surface area contributed by atoms with Crippen molar-refractivity contribution in [3.63, 3.8) is 0 Å². The first kappa shape index (κ1) is 18.3. The topological polar surface area (TPSA) is 61.4 Å². The Labute approximate surface area is 144 Å². The van der Waals surface area contributed by atoms with E-state index in [1.54, 1.807) is 0 Å². The van der Waals surface area contributed by atoms with Crippen LogP contribution in [0.25, 0.3) is 0 Å². The summed E-state index contributed by atoms with van der Waals surface area (Å²) in [5.41, 5.74) is 3.80. The second-order valence-corrected chi connectivity index (χ2v) is 6.57. The fourth-order valence-electron chi connectivity index (χ4n) is 3.21. The van der Waals surface area contributed by atoms with Gasteiger partial charge in [0.1, 0.15) is 0 Å². The third-order valence-electron chi connectivity index (χ3n) is 4.67. The molecule has 1 fully saturated rings. The number of nitrogens with one attached hydrogen (secondary N) is 2. The van der Waals surface area contributed by atoms with Crippen LogP contribution in [0.1, 0.15) is 36.5 Å². The zero-order valence-electron chi connectivity index (χ0n) is 15.0. The van der Waals surface area contributed by atoms with E-state index in [0.717, 1.165) is 19.3 Å². The van der Waals surface area contributed by atoms with Crippen molar-refractivity contribution in [2.24, 2.45) is 5.92 Å². The van der Waals surface area contributed by atoms with E-state index in [0.29, 0.717) is 26.2 Å².